The monoisotopic (exact) mass is 364 g/mol. The predicted molar refractivity (Wildman–Crippen MR) is 96.2 cm³/mol. The van der Waals surface area contributed by atoms with E-state index in [1.54, 1.807) is 12.1 Å². The van der Waals surface area contributed by atoms with Crippen LogP contribution in [0.25, 0.3) is 5.69 Å². The van der Waals surface area contributed by atoms with Gasteiger partial charge in [0.25, 0.3) is 0 Å². The summed E-state index contributed by atoms with van der Waals surface area (Å²) in [5.74, 6) is -0.402. The van der Waals surface area contributed by atoms with Gasteiger partial charge in [-0.2, -0.15) is 0 Å². The molecule has 0 aliphatic carbocycles. The first-order valence-electron chi connectivity index (χ1n) is 8.45. The summed E-state index contributed by atoms with van der Waals surface area (Å²) in [6.45, 7) is 5.62. The van der Waals surface area contributed by atoms with Crippen molar-refractivity contribution in [2.75, 3.05) is 19.6 Å². The standard InChI is InChI=1S/C19H22ClFN2O2/c1-12-9-16(19(25)11-22-7-5-15(24)6-8-22)13(2)23(12)14-3-4-18(21)17(20)10-14/h3-4,9-10,15,24H,5-8,11H2,1-2H3. The zero-order valence-electron chi connectivity index (χ0n) is 14.4. The van der Waals surface area contributed by atoms with Crippen LogP contribution in [0.4, 0.5) is 4.39 Å². The van der Waals surface area contributed by atoms with E-state index < -0.39 is 5.82 Å². The van der Waals surface area contributed by atoms with E-state index in [0.717, 1.165) is 30.2 Å². The van der Waals surface area contributed by atoms with Crippen LogP contribution in [0.2, 0.25) is 5.02 Å². The van der Waals surface area contributed by atoms with E-state index in [-0.39, 0.29) is 16.9 Å². The van der Waals surface area contributed by atoms with E-state index in [1.807, 2.05) is 24.5 Å². The van der Waals surface area contributed by atoms with Gasteiger partial charge in [0, 0.05) is 35.7 Å². The minimum absolute atomic E-state index is 0.0592. The molecule has 2 aromatic rings. The molecule has 1 aliphatic rings. The lowest BCUT2D eigenvalue weighted by Gasteiger charge is -2.28. The Bertz CT molecular complexity index is 795. The van der Waals surface area contributed by atoms with Gasteiger partial charge >= 0.3 is 0 Å². The third-order valence-electron chi connectivity index (χ3n) is 4.82. The average Bonchev–Trinajstić information content (AvgIpc) is 2.87. The first kappa shape index (κ1) is 18.1. The van der Waals surface area contributed by atoms with Crippen molar-refractivity contribution in [1.29, 1.82) is 0 Å². The number of aryl methyl sites for hydroxylation is 1. The molecule has 2 heterocycles. The Kier molecular flexibility index (Phi) is 5.27. The highest BCUT2D eigenvalue weighted by atomic mass is 35.5. The second-order valence-corrected chi connectivity index (χ2v) is 7.06. The Morgan fingerprint density at radius 1 is 1.28 bits per heavy atom. The van der Waals surface area contributed by atoms with E-state index in [9.17, 15) is 14.3 Å². The number of carbonyl (C=O) groups is 1. The van der Waals surface area contributed by atoms with Crippen LogP contribution >= 0.6 is 11.6 Å². The zero-order valence-corrected chi connectivity index (χ0v) is 15.2. The van der Waals surface area contributed by atoms with Gasteiger partial charge in [-0.25, -0.2) is 4.39 Å². The lowest BCUT2D eigenvalue weighted by Crippen LogP contribution is -2.39. The molecule has 0 amide bonds. The van der Waals surface area contributed by atoms with Crippen molar-refractivity contribution in [1.82, 2.24) is 9.47 Å². The number of piperidine rings is 1. The highest BCUT2D eigenvalue weighted by molar-refractivity contribution is 6.30. The Balaban J connectivity index is 1.83. The number of benzene rings is 1. The lowest BCUT2D eigenvalue weighted by atomic mass is 10.1. The van der Waals surface area contributed by atoms with Crippen LogP contribution in [0.3, 0.4) is 0 Å². The molecule has 1 N–H and O–H groups in total. The zero-order chi connectivity index (χ0) is 18.1. The van der Waals surface area contributed by atoms with Gasteiger partial charge in [0.1, 0.15) is 5.82 Å². The topological polar surface area (TPSA) is 45.5 Å². The number of rotatable bonds is 4. The van der Waals surface area contributed by atoms with Gasteiger partial charge in [-0.3, -0.25) is 9.69 Å². The molecule has 1 aromatic heterocycles. The number of hydrogen-bond donors (Lipinski definition) is 1. The Labute approximate surface area is 151 Å². The summed E-state index contributed by atoms with van der Waals surface area (Å²) < 4.78 is 15.3. The molecule has 1 fully saturated rings. The first-order valence-corrected chi connectivity index (χ1v) is 8.82. The van der Waals surface area contributed by atoms with Crippen LogP contribution in [0.5, 0.6) is 0 Å². The fraction of sp³-hybridized carbons (Fsp3) is 0.421. The molecule has 134 valence electrons. The van der Waals surface area contributed by atoms with E-state index in [1.165, 1.54) is 6.07 Å². The summed E-state index contributed by atoms with van der Waals surface area (Å²) in [5, 5.41) is 9.64. The van der Waals surface area contributed by atoms with Crippen molar-refractivity contribution in [3.8, 4) is 5.69 Å². The summed E-state index contributed by atoms with van der Waals surface area (Å²) in [7, 11) is 0. The number of hydrogen-bond acceptors (Lipinski definition) is 3. The molecule has 3 rings (SSSR count). The van der Waals surface area contributed by atoms with Gasteiger partial charge in [-0.05, 0) is 51.0 Å². The molecule has 25 heavy (non-hydrogen) atoms. The van der Waals surface area contributed by atoms with Gasteiger partial charge in [-0.1, -0.05) is 11.6 Å². The van der Waals surface area contributed by atoms with E-state index in [2.05, 4.69) is 4.90 Å². The van der Waals surface area contributed by atoms with Gasteiger partial charge in [0.2, 0.25) is 0 Å². The van der Waals surface area contributed by atoms with Crippen molar-refractivity contribution in [3.63, 3.8) is 0 Å². The van der Waals surface area contributed by atoms with E-state index >= 15 is 0 Å². The number of aliphatic hydroxyl groups is 1. The average molecular weight is 365 g/mol. The molecule has 0 bridgehead atoms. The maximum absolute atomic E-state index is 13.4. The van der Waals surface area contributed by atoms with Crippen LogP contribution in [0, 0.1) is 19.7 Å². The minimum Gasteiger partial charge on any atom is -0.393 e. The molecule has 1 saturated heterocycles. The highest BCUT2D eigenvalue weighted by Crippen LogP contribution is 2.25. The number of carbonyl (C=O) groups excluding carboxylic acids is 1. The maximum atomic E-state index is 13.4. The number of nitrogens with zero attached hydrogens (tertiary/aromatic N) is 2. The SMILES string of the molecule is Cc1cc(C(=O)CN2CCC(O)CC2)c(C)n1-c1ccc(F)c(Cl)c1. The number of ketones is 1. The van der Waals surface area contributed by atoms with Crippen LogP contribution in [-0.2, 0) is 0 Å². The van der Waals surface area contributed by atoms with Gasteiger partial charge in [0.15, 0.2) is 5.78 Å². The smallest absolute Gasteiger partial charge is 0.178 e. The van der Waals surface area contributed by atoms with Gasteiger partial charge < -0.3 is 9.67 Å². The molecular weight excluding hydrogens is 343 g/mol. The number of halogens is 2. The Morgan fingerprint density at radius 2 is 1.96 bits per heavy atom. The molecule has 0 spiro atoms. The van der Waals surface area contributed by atoms with Crippen molar-refractivity contribution >= 4 is 17.4 Å². The maximum Gasteiger partial charge on any atom is 0.178 e. The third kappa shape index (κ3) is 3.78. The Hall–Kier alpha value is -1.69. The molecular formula is C19H22ClFN2O2. The largest absolute Gasteiger partial charge is 0.393 e. The second-order valence-electron chi connectivity index (χ2n) is 6.65. The molecule has 0 saturated carbocycles. The van der Waals surface area contributed by atoms with Gasteiger partial charge in [0.05, 0.1) is 17.7 Å². The normalized spacial score (nSPS) is 16.4. The van der Waals surface area contributed by atoms with E-state index in [0.29, 0.717) is 24.9 Å². The minimum atomic E-state index is -0.462. The first-order chi connectivity index (χ1) is 11.9. The third-order valence-corrected chi connectivity index (χ3v) is 5.11. The Morgan fingerprint density at radius 3 is 2.60 bits per heavy atom. The van der Waals surface area contributed by atoms with Crippen LogP contribution in [0.1, 0.15) is 34.6 Å². The lowest BCUT2D eigenvalue weighted by molar-refractivity contribution is 0.0710. The summed E-state index contributed by atoms with van der Waals surface area (Å²) in [6.07, 6.45) is 1.17. The van der Waals surface area contributed by atoms with Gasteiger partial charge in [-0.15, -0.1) is 0 Å². The summed E-state index contributed by atoms with van der Waals surface area (Å²) >= 11 is 5.90. The number of Topliss-reactive ketones (excluding diaryl/α,β-unsaturated/α-hetero) is 1. The summed E-state index contributed by atoms with van der Waals surface area (Å²) in [4.78, 5) is 14.8. The van der Waals surface area contributed by atoms with Crippen LogP contribution < -0.4 is 0 Å². The summed E-state index contributed by atoms with van der Waals surface area (Å²) in [6, 6.07) is 6.42. The fourth-order valence-corrected chi connectivity index (χ4v) is 3.61. The molecule has 6 heteroatoms. The molecule has 0 radical (unpaired) electrons. The van der Waals surface area contributed by atoms with Crippen LogP contribution in [0.15, 0.2) is 24.3 Å². The molecule has 1 aromatic carbocycles. The van der Waals surface area contributed by atoms with Crippen molar-refractivity contribution in [2.45, 2.75) is 32.8 Å². The highest BCUT2D eigenvalue weighted by Gasteiger charge is 2.22. The number of aromatic nitrogens is 1. The molecule has 4 nitrogen and oxygen atoms in total. The summed E-state index contributed by atoms with van der Waals surface area (Å²) in [5.41, 5.74) is 3.13. The van der Waals surface area contributed by atoms with Crippen molar-refractivity contribution < 1.29 is 14.3 Å². The predicted octanol–water partition coefficient (Wildman–Crippen LogP) is 3.53. The van der Waals surface area contributed by atoms with Crippen molar-refractivity contribution in [2.24, 2.45) is 0 Å². The second kappa shape index (κ2) is 7.28. The van der Waals surface area contributed by atoms with Crippen molar-refractivity contribution in [3.05, 3.63) is 52.1 Å². The number of aliphatic hydroxyl groups excluding tert-OH is 1. The van der Waals surface area contributed by atoms with E-state index in [4.69, 9.17) is 11.6 Å². The molecule has 0 atom stereocenters. The molecule has 1 aliphatic heterocycles. The number of likely N-dealkylation sites (tertiary alicyclic amines) is 1. The van der Waals surface area contributed by atoms with Crippen LogP contribution in [-0.4, -0.2) is 46.1 Å². The quantitative estimate of drug-likeness (QED) is 0.844. The fourth-order valence-electron chi connectivity index (χ4n) is 3.43. The molecule has 0 unspecified atom stereocenters.